The Morgan fingerprint density at radius 1 is 1.36 bits per heavy atom. The lowest BCUT2D eigenvalue weighted by Gasteiger charge is -2.11. The van der Waals surface area contributed by atoms with Crippen molar-refractivity contribution in [1.82, 2.24) is 4.98 Å². The van der Waals surface area contributed by atoms with E-state index in [4.69, 9.17) is 21.1 Å². The fourth-order valence-electron chi connectivity index (χ4n) is 2.43. The minimum absolute atomic E-state index is 0.432. The minimum atomic E-state index is 0.432. The van der Waals surface area contributed by atoms with Gasteiger partial charge in [0.2, 0.25) is 0 Å². The Bertz CT molecular complexity index is 956. The highest BCUT2D eigenvalue weighted by molar-refractivity contribution is 7.19. The molecule has 0 aliphatic heterocycles. The number of rotatable bonds is 5. The highest BCUT2D eigenvalue weighted by atomic mass is 35.5. The molecule has 0 fully saturated rings. The van der Waals surface area contributed by atoms with Crippen LogP contribution in [0.25, 0.3) is 21.9 Å². The Morgan fingerprint density at radius 3 is 2.84 bits per heavy atom. The molecule has 0 saturated heterocycles. The predicted octanol–water partition coefficient (Wildman–Crippen LogP) is 5.42. The highest BCUT2D eigenvalue weighted by Crippen LogP contribution is 2.37. The molecule has 1 aromatic heterocycles. The summed E-state index contributed by atoms with van der Waals surface area (Å²) in [5.74, 6) is 1.03. The average molecular weight is 371 g/mol. The van der Waals surface area contributed by atoms with Crippen LogP contribution in [0, 0.1) is 11.3 Å². The number of halogens is 1. The third kappa shape index (κ3) is 3.60. The molecule has 0 aliphatic carbocycles. The smallest absolute Gasteiger partial charge is 0.179 e. The molecule has 0 amide bonds. The second-order valence-corrected chi connectivity index (χ2v) is 6.56. The summed E-state index contributed by atoms with van der Waals surface area (Å²) in [5.41, 5.74) is 2.11. The van der Waals surface area contributed by atoms with E-state index in [2.05, 4.69) is 11.1 Å². The van der Waals surface area contributed by atoms with Gasteiger partial charge in [0.25, 0.3) is 0 Å². The maximum Gasteiger partial charge on any atom is 0.179 e. The molecule has 126 valence electrons. The van der Waals surface area contributed by atoms with Crippen molar-refractivity contribution in [1.29, 1.82) is 5.26 Å². The zero-order valence-corrected chi connectivity index (χ0v) is 15.3. The molecule has 0 saturated carbocycles. The van der Waals surface area contributed by atoms with Crippen LogP contribution in [0.2, 0.25) is 5.02 Å². The zero-order chi connectivity index (χ0) is 17.8. The Hall–Kier alpha value is -2.55. The number of para-hydroxylation sites is 1. The number of benzene rings is 2. The second-order valence-electron chi connectivity index (χ2n) is 5.12. The van der Waals surface area contributed by atoms with Gasteiger partial charge in [-0.05, 0) is 42.8 Å². The van der Waals surface area contributed by atoms with Crippen LogP contribution in [0.3, 0.4) is 0 Å². The molecule has 1 heterocycles. The number of thiazole rings is 1. The van der Waals surface area contributed by atoms with Crippen molar-refractivity contribution in [3.05, 3.63) is 52.0 Å². The summed E-state index contributed by atoms with van der Waals surface area (Å²) in [5, 5.41) is 10.7. The van der Waals surface area contributed by atoms with E-state index in [1.54, 1.807) is 25.3 Å². The molecule has 6 heteroatoms. The normalized spacial score (nSPS) is 11.4. The van der Waals surface area contributed by atoms with Crippen molar-refractivity contribution >= 4 is 44.8 Å². The van der Waals surface area contributed by atoms with E-state index < -0.39 is 0 Å². The first-order valence-electron chi connectivity index (χ1n) is 7.64. The third-order valence-electron chi connectivity index (χ3n) is 3.49. The van der Waals surface area contributed by atoms with Crippen LogP contribution in [0.1, 0.15) is 17.5 Å². The van der Waals surface area contributed by atoms with Gasteiger partial charge < -0.3 is 9.47 Å². The number of aromatic nitrogens is 1. The summed E-state index contributed by atoms with van der Waals surface area (Å²) >= 11 is 7.76. The van der Waals surface area contributed by atoms with Crippen molar-refractivity contribution in [3.63, 3.8) is 0 Å². The summed E-state index contributed by atoms with van der Waals surface area (Å²) in [6.07, 6.45) is 1.76. The quantitative estimate of drug-likeness (QED) is 0.562. The minimum Gasteiger partial charge on any atom is -0.491 e. The van der Waals surface area contributed by atoms with Gasteiger partial charge in [-0.1, -0.05) is 23.7 Å². The highest BCUT2D eigenvalue weighted by Gasteiger charge is 2.13. The molecule has 0 bridgehead atoms. The van der Waals surface area contributed by atoms with Crippen molar-refractivity contribution in [2.24, 2.45) is 0 Å². The van der Waals surface area contributed by atoms with E-state index >= 15 is 0 Å². The fourth-order valence-corrected chi connectivity index (χ4v) is 3.66. The summed E-state index contributed by atoms with van der Waals surface area (Å²) in [6, 6.07) is 13.6. The summed E-state index contributed by atoms with van der Waals surface area (Å²) in [4.78, 5) is 4.53. The molecule has 0 atom stereocenters. The number of hydrogen-bond acceptors (Lipinski definition) is 5. The number of nitriles is 1. The van der Waals surface area contributed by atoms with Crippen LogP contribution >= 0.6 is 22.9 Å². The standard InChI is InChI=1S/C19H15ClN2O2S/c1-3-24-16-10-12(9-14(20)18(16)23-2)8-13(11-21)19-22-15-6-4-5-7-17(15)25-19/h4-10H,3H2,1-2H3/b13-8-. The Morgan fingerprint density at radius 2 is 2.16 bits per heavy atom. The largest absolute Gasteiger partial charge is 0.491 e. The molecule has 3 aromatic rings. The zero-order valence-electron chi connectivity index (χ0n) is 13.7. The number of hydrogen-bond donors (Lipinski definition) is 0. The van der Waals surface area contributed by atoms with Gasteiger partial charge in [-0.15, -0.1) is 11.3 Å². The maximum absolute atomic E-state index is 9.57. The average Bonchev–Trinajstić information content (AvgIpc) is 3.03. The maximum atomic E-state index is 9.57. The Balaban J connectivity index is 2.06. The molecule has 0 unspecified atom stereocenters. The molecule has 0 spiro atoms. The number of fused-ring (bicyclic) bond motifs is 1. The lowest BCUT2D eigenvalue weighted by atomic mass is 10.1. The van der Waals surface area contributed by atoms with E-state index in [1.807, 2.05) is 31.2 Å². The molecular formula is C19H15ClN2O2S. The molecule has 25 heavy (non-hydrogen) atoms. The number of nitrogens with zero attached hydrogens (tertiary/aromatic N) is 2. The molecule has 0 aliphatic rings. The number of allylic oxidation sites excluding steroid dienone is 1. The van der Waals surface area contributed by atoms with E-state index in [-0.39, 0.29) is 0 Å². The third-order valence-corrected chi connectivity index (χ3v) is 4.84. The van der Waals surface area contributed by atoms with Gasteiger partial charge in [-0.2, -0.15) is 5.26 Å². The van der Waals surface area contributed by atoms with Gasteiger partial charge >= 0.3 is 0 Å². The van der Waals surface area contributed by atoms with Gasteiger partial charge in [0.1, 0.15) is 11.1 Å². The molecule has 3 rings (SSSR count). The van der Waals surface area contributed by atoms with Crippen LogP contribution in [-0.2, 0) is 0 Å². The molecule has 2 aromatic carbocycles. The molecular weight excluding hydrogens is 356 g/mol. The molecule has 0 N–H and O–H groups in total. The first-order chi connectivity index (χ1) is 12.2. The van der Waals surface area contributed by atoms with E-state index in [0.29, 0.717) is 33.7 Å². The summed E-state index contributed by atoms with van der Waals surface area (Å²) < 4.78 is 11.9. The topological polar surface area (TPSA) is 55.1 Å². The molecule has 4 nitrogen and oxygen atoms in total. The van der Waals surface area contributed by atoms with Crippen LogP contribution in [0.15, 0.2) is 36.4 Å². The van der Waals surface area contributed by atoms with Gasteiger partial charge in [0.15, 0.2) is 11.5 Å². The summed E-state index contributed by atoms with van der Waals surface area (Å²) in [7, 11) is 1.54. The van der Waals surface area contributed by atoms with Crippen LogP contribution in [-0.4, -0.2) is 18.7 Å². The predicted molar refractivity (Wildman–Crippen MR) is 102 cm³/mol. The van der Waals surface area contributed by atoms with E-state index in [0.717, 1.165) is 15.8 Å². The first-order valence-corrected chi connectivity index (χ1v) is 8.83. The Labute approximate surface area is 154 Å². The lowest BCUT2D eigenvalue weighted by Crippen LogP contribution is -1.96. The lowest BCUT2D eigenvalue weighted by molar-refractivity contribution is 0.311. The molecule has 0 radical (unpaired) electrons. The van der Waals surface area contributed by atoms with Gasteiger partial charge in [0, 0.05) is 0 Å². The van der Waals surface area contributed by atoms with E-state index in [9.17, 15) is 5.26 Å². The van der Waals surface area contributed by atoms with Crippen molar-refractivity contribution < 1.29 is 9.47 Å². The van der Waals surface area contributed by atoms with Gasteiger partial charge in [-0.3, -0.25) is 0 Å². The van der Waals surface area contributed by atoms with Crippen molar-refractivity contribution in [2.45, 2.75) is 6.92 Å². The van der Waals surface area contributed by atoms with E-state index in [1.165, 1.54) is 11.3 Å². The summed E-state index contributed by atoms with van der Waals surface area (Å²) in [6.45, 7) is 2.38. The number of ether oxygens (including phenoxy) is 2. The van der Waals surface area contributed by atoms with Crippen molar-refractivity contribution in [3.8, 4) is 17.6 Å². The van der Waals surface area contributed by atoms with Crippen molar-refractivity contribution in [2.75, 3.05) is 13.7 Å². The number of methoxy groups -OCH3 is 1. The van der Waals surface area contributed by atoms with Crippen LogP contribution in [0.4, 0.5) is 0 Å². The van der Waals surface area contributed by atoms with Gasteiger partial charge in [-0.25, -0.2) is 4.98 Å². The SMILES string of the molecule is CCOc1cc(/C=C(/C#N)c2nc3ccccc3s2)cc(Cl)c1OC. The second kappa shape index (κ2) is 7.56. The van der Waals surface area contributed by atoms with Crippen LogP contribution < -0.4 is 9.47 Å². The Kier molecular flexibility index (Phi) is 5.22. The first kappa shape index (κ1) is 17.3. The van der Waals surface area contributed by atoms with Crippen LogP contribution in [0.5, 0.6) is 11.5 Å². The monoisotopic (exact) mass is 370 g/mol. The fraction of sp³-hybridized carbons (Fsp3) is 0.158. The van der Waals surface area contributed by atoms with Gasteiger partial charge in [0.05, 0.1) is 34.5 Å².